The minimum atomic E-state index is -0.770. The van der Waals surface area contributed by atoms with Crippen LogP contribution >= 0.6 is 0 Å². The summed E-state index contributed by atoms with van der Waals surface area (Å²) in [7, 11) is 0. The molecular weight excluding hydrogens is 424 g/mol. The highest BCUT2D eigenvalue weighted by molar-refractivity contribution is 5.99. The highest BCUT2D eigenvalue weighted by atomic mass is 16.6. The number of non-ortho nitro benzene ring substituents is 1. The molecule has 1 aliphatic heterocycles. The van der Waals surface area contributed by atoms with E-state index >= 15 is 0 Å². The maximum Gasteiger partial charge on any atom is 0.290 e. The lowest BCUT2D eigenvalue weighted by Gasteiger charge is -2.25. The number of nitro groups is 1. The van der Waals surface area contributed by atoms with Crippen LogP contribution in [0.4, 0.5) is 5.69 Å². The van der Waals surface area contributed by atoms with Gasteiger partial charge in [0, 0.05) is 25.3 Å². The lowest BCUT2D eigenvalue weighted by molar-refractivity contribution is -0.384. The molecule has 1 amide bonds. The third-order valence-corrected chi connectivity index (χ3v) is 5.97. The van der Waals surface area contributed by atoms with Crippen LogP contribution in [0.1, 0.15) is 59.1 Å². The second-order valence-corrected chi connectivity index (χ2v) is 8.63. The molecule has 2 heterocycles. The van der Waals surface area contributed by atoms with Crippen molar-refractivity contribution in [3.05, 3.63) is 84.7 Å². The molecule has 1 aliphatic rings. The fraction of sp³-hybridized carbons (Fsp3) is 0.360. The van der Waals surface area contributed by atoms with Crippen LogP contribution in [-0.4, -0.2) is 35.0 Å². The summed E-state index contributed by atoms with van der Waals surface area (Å²) in [5.74, 6) is -0.402. The topological polar surface area (TPSA) is 103 Å². The molecule has 0 bridgehead atoms. The average molecular weight is 450 g/mol. The van der Waals surface area contributed by atoms with E-state index in [0.29, 0.717) is 36.1 Å². The first-order chi connectivity index (χ1) is 15.7. The van der Waals surface area contributed by atoms with Gasteiger partial charge in [-0.05, 0) is 62.9 Å². The maximum atomic E-state index is 13.6. The molecule has 0 aliphatic carbocycles. The quantitative estimate of drug-likeness (QED) is 0.294. The summed E-state index contributed by atoms with van der Waals surface area (Å²) in [5, 5.41) is 11.8. The van der Waals surface area contributed by atoms with E-state index in [2.05, 4.69) is 0 Å². The molecule has 1 unspecified atom stereocenters. The van der Waals surface area contributed by atoms with E-state index in [9.17, 15) is 19.7 Å². The summed E-state index contributed by atoms with van der Waals surface area (Å²) >= 11 is 0. The third kappa shape index (κ3) is 4.14. The summed E-state index contributed by atoms with van der Waals surface area (Å²) in [6.07, 6.45) is 0.610. The van der Waals surface area contributed by atoms with Gasteiger partial charge in [-0.1, -0.05) is 12.1 Å². The van der Waals surface area contributed by atoms with E-state index in [1.807, 2.05) is 27.7 Å². The minimum absolute atomic E-state index is 0.00274. The van der Waals surface area contributed by atoms with Crippen LogP contribution in [0.15, 0.2) is 45.6 Å². The Morgan fingerprint density at radius 1 is 1.15 bits per heavy atom. The molecule has 172 valence electrons. The van der Waals surface area contributed by atoms with Crippen LogP contribution in [0, 0.1) is 24.0 Å². The molecule has 0 radical (unpaired) electrons. The Hall–Kier alpha value is -3.52. The average Bonchev–Trinajstić information content (AvgIpc) is 3.05. The monoisotopic (exact) mass is 450 g/mol. The van der Waals surface area contributed by atoms with Crippen LogP contribution in [0.3, 0.4) is 0 Å². The van der Waals surface area contributed by atoms with E-state index in [1.54, 1.807) is 29.2 Å². The van der Waals surface area contributed by atoms with Crippen LogP contribution < -0.4 is 5.43 Å². The number of amides is 1. The van der Waals surface area contributed by atoms with Gasteiger partial charge in [0.15, 0.2) is 5.43 Å². The first kappa shape index (κ1) is 22.7. The van der Waals surface area contributed by atoms with Gasteiger partial charge in [0.25, 0.3) is 11.6 Å². The van der Waals surface area contributed by atoms with Crippen molar-refractivity contribution in [1.82, 2.24) is 4.90 Å². The standard InChI is InChI=1S/C25H26N2O6/c1-14(2)32-10-6-9-26-22(17-7-5-8-18(13-17)27(30)31)21-23(28)19-11-15(3)16(4)12-20(19)33-24(21)25(26)29/h5,7-8,11-14,22H,6,9-10H2,1-4H3. The Morgan fingerprint density at radius 3 is 2.58 bits per heavy atom. The number of carbonyl (C=O) groups excluding carboxylic acids is 1. The number of rotatable bonds is 7. The summed E-state index contributed by atoms with van der Waals surface area (Å²) in [6, 6.07) is 8.82. The van der Waals surface area contributed by atoms with Crippen molar-refractivity contribution >= 4 is 22.6 Å². The zero-order valence-corrected chi connectivity index (χ0v) is 19.1. The van der Waals surface area contributed by atoms with E-state index < -0.39 is 16.9 Å². The van der Waals surface area contributed by atoms with Crippen molar-refractivity contribution in [2.75, 3.05) is 13.2 Å². The molecule has 0 spiro atoms. The van der Waals surface area contributed by atoms with Crippen molar-refractivity contribution in [3.63, 3.8) is 0 Å². The van der Waals surface area contributed by atoms with Crippen LogP contribution in [0.2, 0.25) is 0 Å². The van der Waals surface area contributed by atoms with Gasteiger partial charge in [0.05, 0.1) is 28.0 Å². The van der Waals surface area contributed by atoms with Crippen molar-refractivity contribution < 1.29 is 18.9 Å². The predicted octanol–water partition coefficient (Wildman–Crippen LogP) is 4.68. The van der Waals surface area contributed by atoms with Gasteiger partial charge in [-0.15, -0.1) is 0 Å². The molecular formula is C25H26N2O6. The first-order valence-electron chi connectivity index (χ1n) is 10.9. The number of hydrogen-bond acceptors (Lipinski definition) is 6. The highest BCUT2D eigenvalue weighted by Crippen LogP contribution is 2.39. The lowest BCUT2D eigenvalue weighted by Crippen LogP contribution is -2.31. The summed E-state index contributed by atoms with van der Waals surface area (Å²) in [5.41, 5.74) is 2.58. The number of fused-ring (bicyclic) bond motifs is 2. The number of benzene rings is 2. The largest absolute Gasteiger partial charge is 0.450 e. The van der Waals surface area contributed by atoms with Crippen molar-refractivity contribution in [2.45, 2.75) is 46.3 Å². The normalized spacial score (nSPS) is 15.5. The maximum absolute atomic E-state index is 13.6. The smallest absolute Gasteiger partial charge is 0.290 e. The van der Waals surface area contributed by atoms with Crippen LogP contribution in [-0.2, 0) is 4.74 Å². The molecule has 0 fully saturated rings. The second kappa shape index (κ2) is 8.78. The molecule has 33 heavy (non-hydrogen) atoms. The first-order valence-corrected chi connectivity index (χ1v) is 10.9. The van der Waals surface area contributed by atoms with Crippen LogP contribution in [0.25, 0.3) is 11.0 Å². The predicted molar refractivity (Wildman–Crippen MR) is 124 cm³/mol. The van der Waals surface area contributed by atoms with Gasteiger partial charge in [-0.3, -0.25) is 19.7 Å². The molecule has 8 nitrogen and oxygen atoms in total. The SMILES string of the molecule is Cc1cc2oc3c(c(=O)c2cc1C)C(c1cccc([N+](=O)[O-])c1)N(CCCOC(C)C)C3=O. The number of aryl methyl sites for hydroxylation is 2. The van der Waals surface area contributed by atoms with E-state index in [4.69, 9.17) is 9.15 Å². The molecule has 1 aromatic heterocycles. The Bertz CT molecular complexity index is 1310. The molecule has 0 N–H and O–H groups in total. The summed E-state index contributed by atoms with van der Waals surface area (Å²) < 4.78 is 11.6. The number of hydrogen-bond donors (Lipinski definition) is 0. The minimum Gasteiger partial charge on any atom is -0.450 e. The molecule has 2 aromatic carbocycles. The van der Waals surface area contributed by atoms with Crippen molar-refractivity contribution in [2.24, 2.45) is 0 Å². The molecule has 8 heteroatoms. The number of nitro benzene ring substituents is 1. The third-order valence-electron chi connectivity index (χ3n) is 5.97. The van der Waals surface area contributed by atoms with Gasteiger partial charge in [-0.2, -0.15) is 0 Å². The lowest BCUT2D eigenvalue weighted by atomic mass is 9.97. The van der Waals surface area contributed by atoms with Gasteiger partial charge in [0.1, 0.15) is 5.58 Å². The van der Waals surface area contributed by atoms with E-state index in [1.165, 1.54) is 12.1 Å². The fourth-order valence-corrected chi connectivity index (χ4v) is 4.22. The molecule has 0 saturated heterocycles. The number of carbonyl (C=O) groups is 1. The second-order valence-electron chi connectivity index (χ2n) is 8.63. The number of ether oxygens (including phenoxy) is 1. The number of nitrogens with zero attached hydrogens (tertiary/aromatic N) is 2. The van der Waals surface area contributed by atoms with Gasteiger partial charge >= 0.3 is 0 Å². The fourth-order valence-electron chi connectivity index (χ4n) is 4.22. The van der Waals surface area contributed by atoms with Crippen molar-refractivity contribution in [3.8, 4) is 0 Å². The summed E-state index contributed by atoms with van der Waals surface area (Å²) in [4.78, 5) is 39.4. The molecule has 4 rings (SSSR count). The van der Waals surface area contributed by atoms with Gasteiger partial charge in [0.2, 0.25) is 5.76 Å². The Morgan fingerprint density at radius 2 is 1.88 bits per heavy atom. The van der Waals surface area contributed by atoms with Crippen molar-refractivity contribution in [1.29, 1.82) is 0 Å². The van der Waals surface area contributed by atoms with E-state index in [-0.39, 0.29) is 28.5 Å². The van der Waals surface area contributed by atoms with Gasteiger partial charge in [-0.25, -0.2) is 0 Å². The molecule has 3 aromatic rings. The van der Waals surface area contributed by atoms with Crippen LogP contribution in [0.5, 0.6) is 0 Å². The Balaban J connectivity index is 1.87. The summed E-state index contributed by atoms with van der Waals surface area (Å²) in [6.45, 7) is 8.45. The van der Waals surface area contributed by atoms with E-state index in [0.717, 1.165) is 11.1 Å². The van der Waals surface area contributed by atoms with Gasteiger partial charge < -0.3 is 14.1 Å². The molecule has 1 atom stereocenters. The Labute approximate surface area is 190 Å². The zero-order chi connectivity index (χ0) is 23.9. The Kier molecular flexibility index (Phi) is 6.03. The zero-order valence-electron chi connectivity index (χ0n) is 19.1. The molecule has 0 saturated carbocycles. The highest BCUT2D eigenvalue weighted by Gasteiger charge is 2.42.